The number of hydrogen-bond donors (Lipinski definition) is 1. The van der Waals surface area contributed by atoms with Crippen molar-refractivity contribution in [2.75, 3.05) is 11.9 Å². The van der Waals surface area contributed by atoms with Crippen molar-refractivity contribution in [1.29, 1.82) is 0 Å². The van der Waals surface area contributed by atoms with Gasteiger partial charge in [0, 0.05) is 19.2 Å². The molecule has 0 amide bonds. The lowest BCUT2D eigenvalue weighted by atomic mass is 9.94. The van der Waals surface area contributed by atoms with Crippen LogP contribution in [0.1, 0.15) is 39.5 Å². The van der Waals surface area contributed by atoms with Crippen LogP contribution in [-0.4, -0.2) is 28.0 Å². The van der Waals surface area contributed by atoms with Crippen molar-refractivity contribution in [2.24, 2.45) is 5.92 Å². The first-order valence-electron chi connectivity index (χ1n) is 7.61. The molecule has 6 heteroatoms. The first kappa shape index (κ1) is 14.9. The number of nitrogens with one attached hydrogen (secondary N) is 1. The standard InChI is InChI=1S/C15H22ClN3O2/c1-15(2)7-11(5-6-21-15)18-13-12(16)8-17-19(14(13)20)9-10-3-4-10/h8,10-11,18H,3-7,9H2,1-2H3. The molecule has 1 saturated heterocycles. The highest BCUT2D eigenvalue weighted by atomic mass is 35.5. The molecule has 0 radical (unpaired) electrons. The van der Waals surface area contributed by atoms with Gasteiger partial charge in [0.05, 0.1) is 16.8 Å². The molecule has 1 atom stereocenters. The predicted octanol–water partition coefficient (Wildman–Crippen LogP) is 2.68. The van der Waals surface area contributed by atoms with Crippen molar-refractivity contribution in [1.82, 2.24) is 9.78 Å². The summed E-state index contributed by atoms with van der Waals surface area (Å²) < 4.78 is 7.25. The first-order chi connectivity index (χ1) is 9.94. The summed E-state index contributed by atoms with van der Waals surface area (Å²) in [7, 11) is 0. The van der Waals surface area contributed by atoms with Crippen molar-refractivity contribution in [3.8, 4) is 0 Å². The monoisotopic (exact) mass is 311 g/mol. The van der Waals surface area contributed by atoms with E-state index in [1.165, 1.54) is 17.5 Å². The second-order valence-corrected chi connectivity index (χ2v) is 7.15. The lowest BCUT2D eigenvalue weighted by molar-refractivity contribution is -0.0553. The Morgan fingerprint density at radius 1 is 1.48 bits per heavy atom. The van der Waals surface area contributed by atoms with Gasteiger partial charge < -0.3 is 10.1 Å². The third-order valence-electron chi connectivity index (χ3n) is 4.17. The van der Waals surface area contributed by atoms with Crippen molar-refractivity contribution < 1.29 is 4.74 Å². The summed E-state index contributed by atoms with van der Waals surface area (Å²) in [5, 5.41) is 7.87. The van der Waals surface area contributed by atoms with E-state index in [1.807, 2.05) is 0 Å². The fraction of sp³-hybridized carbons (Fsp3) is 0.733. The summed E-state index contributed by atoms with van der Waals surface area (Å²) in [6.45, 7) is 5.54. The number of hydrogen-bond acceptors (Lipinski definition) is 4. The molecule has 0 spiro atoms. The molecular formula is C15H22ClN3O2. The third-order valence-corrected chi connectivity index (χ3v) is 4.46. The number of anilines is 1. The van der Waals surface area contributed by atoms with Crippen molar-refractivity contribution in [3.05, 3.63) is 21.6 Å². The molecule has 1 aromatic rings. The van der Waals surface area contributed by atoms with Gasteiger partial charge in [-0.1, -0.05) is 11.6 Å². The second kappa shape index (κ2) is 5.61. The van der Waals surface area contributed by atoms with Gasteiger partial charge >= 0.3 is 0 Å². The summed E-state index contributed by atoms with van der Waals surface area (Å²) in [4.78, 5) is 12.5. The normalized spacial score (nSPS) is 24.8. The van der Waals surface area contributed by atoms with Crippen LogP contribution in [-0.2, 0) is 11.3 Å². The lowest BCUT2D eigenvalue weighted by Gasteiger charge is -2.36. The molecule has 2 fully saturated rings. The molecule has 1 saturated carbocycles. The maximum absolute atomic E-state index is 12.5. The maximum Gasteiger partial charge on any atom is 0.291 e. The number of halogens is 1. The van der Waals surface area contributed by atoms with Gasteiger partial charge in [-0.2, -0.15) is 5.10 Å². The molecule has 1 aliphatic heterocycles. The van der Waals surface area contributed by atoms with Crippen LogP contribution in [0, 0.1) is 5.92 Å². The summed E-state index contributed by atoms with van der Waals surface area (Å²) in [5.41, 5.74) is 0.205. The van der Waals surface area contributed by atoms with Gasteiger partial charge in [0.15, 0.2) is 0 Å². The van der Waals surface area contributed by atoms with Crippen LogP contribution in [0.15, 0.2) is 11.0 Å². The average molecular weight is 312 g/mol. The molecule has 1 unspecified atom stereocenters. The highest BCUT2D eigenvalue weighted by molar-refractivity contribution is 6.33. The molecule has 2 aliphatic rings. The van der Waals surface area contributed by atoms with Gasteiger partial charge in [-0.15, -0.1) is 0 Å². The van der Waals surface area contributed by atoms with Gasteiger partial charge in [-0.3, -0.25) is 4.79 Å². The fourth-order valence-electron chi connectivity index (χ4n) is 2.83. The van der Waals surface area contributed by atoms with E-state index in [9.17, 15) is 4.79 Å². The Bertz CT molecular complexity index is 581. The van der Waals surface area contributed by atoms with E-state index in [4.69, 9.17) is 16.3 Å². The zero-order valence-corrected chi connectivity index (χ0v) is 13.3. The largest absolute Gasteiger partial charge is 0.376 e. The SMILES string of the molecule is CC1(C)CC(Nc2c(Cl)cnn(CC3CC3)c2=O)CCO1. The first-order valence-corrected chi connectivity index (χ1v) is 7.98. The van der Waals surface area contributed by atoms with E-state index in [-0.39, 0.29) is 17.2 Å². The minimum atomic E-state index is -0.164. The van der Waals surface area contributed by atoms with Gasteiger partial charge in [-0.25, -0.2) is 4.68 Å². The molecule has 3 rings (SSSR count). The molecule has 1 aliphatic carbocycles. The summed E-state index contributed by atoms with van der Waals surface area (Å²) >= 11 is 6.17. The van der Waals surface area contributed by atoms with Gasteiger partial charge in [0.25, 0.3) is 5.56 Å². The van der Waals surface area contributed by atoms with Crippen molar-refractivity contribution >= 4 is 17.3 Å². The Morgan fingerprint density at radius 3 is 2.90 bits per heavy atom. The summed E-state index contributed by atoms with van der Waals surface area (Å²) in [5.74, 6) is 0.603. The highest BCUT2D eigenvalue weighted by Gasteiger charge is 2.30. The Kier molecular flexibility index (Phi) is 3.97. The third kappa shape index (κ3) is 3.58. The van der Waals surface area contributed by atoms with Crippen LogP contribution in [0.25, 0.3) is 0 Å². The van der Waals surface area contributed by atoms with E-state index in [2.05, 4.69) is 24.3 Å². The van der Waals surface area contributed by atoms with Crippen LogP contribution in [0.5, 0.6) is 0 Å². The van der Waals surface area contributed by atoms with Crippen LogP contribution in [0.4, 0.5) is 5.69 Å². The maximum atomic E-state index is 12.5. The fourth-order valence-corrected chi connectivity index (χ4v) is 3.01. The molecule has 116 valence electrons. The van der Waals surface area contributed by atoms with Crippen LogP contribution in [0.2, 0.25) is 5.02 Å². The molecule has 0 bridgehead atoms. The highest BCUT2D eigenvalue weighted by Crippen LogP contribution is 2.30. The van der Waals surface area contributed by atoms with Crippen LogP contribution in [0.3, 0.4) is 0 Å². The number of nitrogens with zero attached hydrogens (tertiary/aromatic N) is 2. The topological polar surface area (TPSA) is 56.2 Å². The Morgan fingerprint density at radius 2 is 2.24 bits per heavy atom. The molecule has 5 nitrogen and oxygen atoms in total. The minimum Gasteiger partial charge on any atom is -0.376 e. The van der Waals surface area contributed by atoms with Crippen molar-refractivity contribution in [3.63, 3.8) is 0 Å². The molecule has 21 heavy (non-hydrogen) atoms. The average Bonchev–Trinajstić information content (AvgIpc) is 3.21. The molecular weight excluding hydrogens is 290 g/mol. The van der Waals surface area contributed by atoms with E-state index in [0.29, 0.717) is 29.8 Å². The zero-order chi connectivity index (χ0) is 15.0. The van der Waals surface area contributed by atoms with Gasteiger partial charge in [0.1, 0.15) is 5.69 Å². The number of ether oxygens (including phenoxy) is 1. The summed E-state index contributed by atoms with van der Waals surface area (Å²) in [6, 6.07) is 0.204. The minimum absolute atomic E-state index is 0.112. The lowest BCUT2D eigenvalue weighted by Crippen LogP contribution is -2.41. The van der Waals surface area contributed by atoms with E-state index in [1.54, 1.807) is 6.20 Å². The molecule has 1 aromatic heterocycles. The van der Waals surface area contributed by atoms with E-state index < -0.39 is 0 Å². The van der Waals surface area contributed by atoms with E-state index in [0.717, 1.165) is 12.8 Å². The van der Waals surface area contributed by atoms with Gasteiger partial charge in [0.2, 0.25) is 0 Å². The second-order valence-electron chi connectivity index (χ2n) is 6.74. The Labute approximate surface area is 129 Å². The Balaban J connectivity index is 1.79. The molecule has 1 N–H and O–H groups in total. The quantitative estimate of drug-likeness (QED) is 0.929. The zero-order valence-electron chi connectivity index (χ0n) is 12.6. The van der Waals surface area contributed by atoms with E-state index >= 15 is 0 Å². The smallest absolute Gasteiger partial charge is 0.291 e. The van der Waals surface area contributed by atoms with Crippen molar-refractivity contribution in [2.45, 2.75) is 57.7 Å². The van der Waals surface area contributed by atoms with Crippen LogP contribution >= 0.6 is 11.6 Å². The van der Waals surface area contributed by atoms with Gasteiger partial charge in [-0.05, 0) is 45.4 Å². The number of rotatable bonds is 4. The number of aromatic nitrogens is 2. The molecule has 0 aromatic carbocycles. The van der Waals surface area contributed by atoms with Crippen LogP contribution < -0.4 is 10.9 Å². The molecule has 2 heterocycles. The summed E-state index contributed by atoms with van der Waals surface area (Å²) in [6.07, 6.45) is 5.68. The Hall–Kier alpha value is -1.07. The predicted molar refractivity (Wildman–Crippen MR) is 82.9 cm³/mol.